The van der Waals surface area contributed by atoms with Crippen LogP contribution in [0.2, 0.25) is 0 Å². The zero-order chi connectivity index (χ0) is 19.7. The Hall–Kier alpha value is -2.17. The van der Waals surface area contributed by atoms with Crippen molar-refractivity contribution < 1.29 is 22.4 Å². The van der Waals surface area contributed by atoms with Gasteiger partial charge in [0.05, 0.1) is 23.6 Å². The molecule has 0 unspecified atom stereocenters. The molecule has 28 heavy (non-hydrogen) atoms. The molecule has 0 aliphatic carbocycles. The number of fused-ring (bicyclic) bond motifs is 1. The SMILES string of the molecule is O=C(Cn1c(=O)oc2cc(S(=O)(=O)N3CCOCC3)ccc21)N1CCCCC1. The predicted molar refractivity (Wildman–Crippen MR) is 100 cm³/mol. The lowest BCUT2D eigenvalue weighted by Gasteiger charge is -2.26. The highest BCUT2D eigenvalue weighted by Crippen LogP contribution is 2.22. The molecule has 0 bridgehead atoms. The molecule has 2 aliphatic rings. The van der Waals surface area contributed by atoms with Gasteiger partial charge >= 0.3 is 5.76 Å². The van der Waals surface area contributed by atoms with Gasteiger partial charge in [0, 0.05) is 32.2 Å². The van der Waals surface area contributed by atoms with E-state index in [0.717, 1.165) is 19.3 Å². The lowest BCUT2D eigenvalue weighted by molar-refractivity contribution is -0.132. The number of hydrogen-bond donors (Lipinski definition) is 0. The number of carbonyl (C=O) groups is 1. The summed E-state index contributed by atoms with van der Waals surface area (Å²) in [4.78, 5) is 26.6. The maximum absolute atomic E-state index is 12.8. The number of carbonyl (C=O) groups excluding carboxylic acids is 1. The van der Waals surface area contributed by atoms with Crippen LogP contribution in [0.15, 0.2) is 32.3 Å². The number of sulfonamides is 1. The van der Waals surface area contributed by atoms with Crippen molar-refractivity contribution >= 4 is 27.0 Å². The fourth-order valence-corrected chi connectivity index (χ4v) is 5.10. The minimum Gasteiger partial charge on any atom is -0.408 e. The minimum atomic E-state index is -3.69. The van der Waals surface area contributed by atoms with Crippen LogP contribution in [0.25, 0.3) is 11.1 Å². The van der Waals surface area contributed by atoms with Crippen molar-refractivity contribution in [3.8, 4) is 0 Å². The summed E-state index contributed by atoms with van der Waals surface area (Å²) >= 11 is 0. The Morgan fingerprint density at radius 2 is 1.75 bits per heavy atom. The fourth-order valence-electron chi connectivity index (χ4n) is 3.67. The minimum absolute atomic E-state index is 0.0603. The number of piperidine rings is 1. The van der Waals surface area contributed by atoms with E-state index in [1.54, 1.807) is 4.90 Å². The molecule has 0 N–H and O–H groups in total. The van der Waals surface area contributed by atoms with Crippen molar-refractivity contribution in [2.75, 3.05) is 39.4 Å². The van der Waals surface area contributed by atoms with Crippen LogP contribution < -0.4 is 5.76 Å². The molecule has 0 radical (unpaired) electrons. The normalized spacial score (nSPS) is 19.2. The summed E-state index contributed by atoms with van der Waals surface area (Å²) in [6.45, 7) is 2.57. The molecule has 1 aromatic heterocycles. The molecule has 1 aromatic carbocycles. The Balaban J connectivity index is 1.61. The molecular weight excluding hydrogens is 386 g/mol. The Labute approximate surface area is 162 Å². The van der Waals surface area contributed by atoms with Gasteiger partial charge in [0.2, 0.25) is 15.9 Å². The van der Waals surface area contributed by atoms with E-state index in [1.165, 1.54) is 27.1 Å². The smallest absolute Gasteiger partial charge is 0.408 e. The standard InChI is InChI=1S/C18H23N3O6S/c22-17(19-6-2-1-3-7-19)13-21-15-5-4-14(12-16(15)27-18(21)23)28(24,25)20-8-10-26-11-9-20/h4-5,12H,1-3,6-11,13H2. The Kier molecular flexibility index (Phi) is 5.26. The van der Waals surface area contributed by atoms with Crippen molar-refractivity contribution in [3.63, 3.8) is 0 Å². The zero-order valence-electron chi connectivity index (χ0n) is 15.5. The number of amides is 1. The Morgan fingerprint density at radius 1 is 1.04 bits per heavy atom. The lowest BCUT2D eigenvalue weighted by Crippen LogP contribution is -2.40. The van der Waals surface area contributed by atoms with Gasteiger partial charge in [-0.1, -0.05) is 0 Å². The number of morpholine rings is 1. The summed E-state index contributed by atoms with van der Waals surface area (Å²) in [6.07, 6.45) is 3.05. The van der Waals surface area contributed by atoms with Gasteiger partial charge in [-0.05, 0) is 31.4 Å². The quantitative estimate of drug-likeness (QED) is 0.734. The molecule has 10 heteroatoms. The van der Waals surface area contributed by atoms with Crippen LogP contribution in [0.3, 0.4) is 0 Å². The molecular formula is C18H23N3O6S. The summed E-state index contributed by atoms with van der Waals surface area (Å²) in [6, 6.07) is 4.32. The van der Waals surface area contributed by atoms with Crippen LogP contribution in [-0.2, 0) is 26.1 Å². The van der Waals surface area contributed by atoms with Gasteiger partial charge < -0.3 is 14.1 Å². The van der Waals surface area contributed by atoms with Gasteiger partial charge in [-0.2, -0.15) is 4.31 Å². The van der Waals surface area contributed by atoms with Crippen LogP contribution in [0, 0.1) is 0 Å². The molecule has 9 nitrogen and oxygen atoms in total. The van der Waals surface area contributed by atoms with E-state index in [-0.39, 0.29) is 36.0 Å². The third kappa shape index (κ3) is 3.59. The molecule has 152 valence electrons. The summed E-state index contributed by atoms with van der Waals surface area (Å²) < 4.78 is 38.6. The monoisotopic (exact) mass is 409 g/mol. The third-order valence-electron chi connectivity index (χ3n) is 5.25. The molecule has 1 amide bonds. The highest BCUT2D eigenvalue weighted by atomic mass is 32.2. The number of ether oxygens (including phenoxy) is 1. The average molecular weight is 409 g/mol. The first kappa shape index (κ1) is 19.2. The van der Waals surface area contributed by atoms with E-state index in [1.807, 2.05) is 0 Å². The van der Waals surface area contributed by atoms with Gasteiger partial charge in [-0.25, -0.2) is 13.2 Å². The average Bonchev–Trinajstić information content (AvgIpc) is 3.03. The first-order chi connectivity index (χ1) is 13.5. The topological polar surface area (TPSA) is 102 Å². The molecule has 3 heterocycles. The molecule has 4 rings (SSSR count). The summed E-state index contributed by atoms with van der Waals surface area (Å²) in [5, 5.41) is 0. The van der Waals surface area contributed by atoms with E-state index in [2.05, 4.69) is 0 Å². The van der Waals surface area contributed by atoms with E-state index < -0.39 is 15.8 Å². The second-order valence-corrected chi connectivity index (χ2v) is 8.98. The van der Waals surface area contributed by atoms with Crippen LogP contribution >= 0.6 is 0 Å². The number of likely N-dealkylation sites (tertiary alicyclic amines) is 1. The van der Waals surface area contributed by atoms with Crippen molar-refractivity contribution in [3.05, 3.63) is 28.7 Å². The van der Waals surface area contributed by atoms with Crippen LogP contribution in [0.1, 0.15) is 19.3 Å². The van der Waals surface area contributed by atoms with Crippen molar-refractivity contribution in [2.45, 2.75) is 30.7 Å². The number of aromatic nitrogens is 1. The Bertz CT molecular complexity index is 1030. The highest BCUT2D eigenvalue weighted by molar-refractivity contribution is 7.89. The van der Waals surface area contributed by atoms with Crippen LogP contribution in [-0.4, -0.2) is 67.5 Å². The summed E-state index contributed by atoms with van der Waals surface area (Å²) in [5.41, 5.74) is 0.571. The number of nitrogens with zero attached hydrogens (tertiary/aromatic N) is 3. The van der Waals surface area contributed by atoms with Crippen molar-refractivity contribution in [2.24, 2.45) is 0 Å². The highest BCUT2D eigenvalue weighted by Gasteiger charge is 2.27. The zero-order valence-corrected chi connectivity index (χ0v) is 16.3. The van der Waals surface area contributed by atoms with E-state index >= 15 is 0 Å². The largest absolute Gasteiger partial charge is 0.420 e. The second-order valence-electron chi connectivity index (χ2n) is 7.04. The molecule has 2 fully saturated rings. The number of benzene rings is 1. The van der Waals surface area contributed by atoms with E-state index in [9.17, 15) is 18.0 Å². The number of oxazole rings is 1. The van der Waals surface area contributed by atoms with Gasteiger partial charge in [-0.3, -0.25) is 9.36 Å². The van der Waals surface area contributed by atoms with Gasteiger partial charge in [0.25, 0.3) is 0 Å². The first-order valence-corrected chi connectivity index (χ1v) is 10.9. The molecule has 0 spiro atoms. The maximum atomic E-state index is 12.8. The molecule has 0 saturated carbocycles. The summed E-state index contributed by atoms with van der Waals surface area (Å²) in [7, 11) is -3.69. The summed E-state index contributed by atoms with van der Waals surface area (Å²) in [5.74, 6) is -0.796. The number of hydrogen-bond acceptors (Lipinski definition) is 6. The molecule has 2 saturated heterocycles. The van der Waals surface area contributed by atoms with Crippen molar-refractivity contribution in [1.29, 1.82) is 0 Å². The number of rotatable bonds is 4. The van der Waals surface area contributed by atoms with Crippen LogP contribution in [0.5, 0.6) is 0 Å². The molecule has 2 aliphatic heterocycles. The Morgan fingerprint density at radius 3 is 2.46 bits per heavy atom. The third-order valence-corrected chi connectivity index (χ3v) is 7.14. The van der Waals surface area contributed by atoms with Crippen LogP contribution in [0.4, 0.5) is 0 Å². The van der Waals surface area contributed by atoms with E-state index in [0.29, 0.717) is 31.8 Å². The van der Waals surface area contributed by atoms with Gasteiger partial charge in [0.15, 0.2) is 5.58 Å². The van der Waals surface area contributed by atoms with Gasteiger partial charge in [-0.15, -0.1) is 0 Å². The molecule has 2 aromatic rings. The first-order valence-electron chi connectivity index (χ1n) is 9.46. The van der Waals surface area contributed by atoms with Crippen molar-refractivity contribution in [1.82, 2.24) is 13.8 Å². The predicted octanol–water partition coefficient (Wildman–Crippen LogP) is 0.628. The van der Waals surface area contributed by atoms with Gasteiger partial charge in [0.1, 0.15) is 6.54 Å². The maximum Gasteiger partial charge on any atom is 0.420 e. The second kappa shape index (κ2) is 7.69. The van der Waals surface area contributed by atoms with E-state index in [4.69, 9.17) is 9.15 Å². The fraction of sp³-hybridized carbons (Fsp3) is 0.556. The molecule has 0 atom stereocenters. The lowest BCUT2D eigenvalue weighted by atomic mass is 10.1.